The Kier molecular flexibility index (Phi) is 6.28. The van der Waals surface area contributed by atoms with Gasteiger partial charge in [-0.15, -0.1) is 5.10 Å². The fourth-order valence-electron chi connectivity index (χ4n) is 4.40. The predicted octanol–water partition coefficient (Wildman–Crippen LogP) is 2.88. The van der Waals surface area contributed by atoms with Gasteiger partial charge in [-0.25, -0.2) is 22.6 Å². The number of nitrogens with zero attached hydrogens (tertiary/aromatic N) is 3. The first kappa shape index (κ1) is 23.4. The van der Waals surface area contributed by atoms with Gasteiger partial charge in [0.25, 0.3) is 0 Å². The Bertz CT molecular complexity index is 1200. The lowest BCUT2D eigenvalue weighted by atomic mass is 9.91. The molecule has 2 aliphatic rings. The smallest absolute Gasteiger partial charge is 0.335 e. The van der Waals surface area contributed by atoms with Gasteiger partial charge in [-0.3, -0.25) is 0 Å². The van der Waals surface area contributed by atoms with E-state index < -0.39 is 60.2 Å². The van der Waals surface area contributed by atoms with Gasteiger partial charge in [-0.1, -0.05) is 35.5 Å². The zero-order chi connectivity index (χ0) is 24.7. The highest BCUT2D eigenvalue weighted by Gasteiger charge is 2.53. The lowest BCUT2D eigenvalue weighted by molar-refractivity contribution is -0.316. The average molecular weight is 491 g/mol. The van der Waals surface area contributed by atoms with E-state index in [1.165, 1.54) is 18.0 Å². The van der Waals surface area contributed by atoms with Crippen LogP contribution in [0.2, 0.25) is 0 Å². The maximum atomic E-state index is 13.8. The highest BCUT2D eigenvalue weighted by atomic mass is 19.2. The highest BCUT2D eigenvalue weighted by Crippen LogP contribution is 2.40. The number of ether oxygens (including phenoxy) is 4. The fraction of sp³-hybridized carbons (Fsp3) is 0.348. The zero-order valence-electron chi connectivity index (χ0n) is 18.3. The third-order valence-corrected chi connectivity index (χ3v) is 6.03. The van der Waals surface area contributed by atoms with Gasteiger partial charge in [-0.05, 0) is 12.1 Å². The molecule has 1 aromatic heterocycles. The van der Waals surface area contributed by atoms with Crippen LogP contribution in [-0.4, -0.2) is 64.2 Å². The summed E-state index contributed by atoms with van der Waals surface area (Å²) in [7, 11) is 1.33. The Balaban J connectivity index is 1.52. The van der Waals surface area contributed by atoms with Crippen LogP contribution in [0.4, 0.5) is 13.2 Å². The number of carboxylic acids is 1. The number of aliphatic carboxylic acids is 1. The molecule has 12 heteroatoms. The van der Waals surface area contributed by atoms with Crippen molar-refractivity contribution < 1.29 is 42.0 Å². The molecule has 2 aromatic carbocycles. The normalized spacial score (nSPS) is 28.5. The van der Waals surface area contributed by atoms with Crippen LogP contribution in [0.3, 0.4) is 0 Å². The Morgan fingerprint density at radius 1 is 1.14 bits per heavy atom. The van der Waals surface area contributed by atoms with Crippen LogP contribution in [-0.2, 0) is 23.7 Å². The minimum Gasteiger partial charge on any atom is -0.479 e. The van der Waals surface area contributed by atoms with Gasteiger partial charge in [0.2, 0.25) is 0 Å². The molecule has 2 saturated heterocycles. The number of carboxylic acid groups (broad SMARTS) is 1. The van der Waals surface area contributed by atoms with Gasteiger partial charge < -0.3 is 24.1 Å². The Hall–Kier alpha value is -3.32. The van der Waals surface area contributed by atoms with Crippen LogP contribution in [0, 0.1) is 17.5 Å². The van der Waals surface area contributed by atoms with E-state index in [0.29, 0.717) is 0 Å². The van der Waals surface area contributed by atoms with E-state index >= 15 is 0 Å². The number of benzene rings is 2. The molecule has 0 radical (unpaired) electrons. The molecule has 2 aliphatic heterocycles. The second-order valence-electron chi connectivity index (χ2n) is 8.14. The molecule has 0 aliphatic carbocycles. The van der Waals surface area contributed by atoms with Crippen molar-refractivity contribution in [1.29, 1.82) is 0 Å². The molecular formula is C23H20F3N3O6. The van der Waals surface area contributed by atoms with Crippen LogP contribution >= 0.6 is 0 Å². The van der Waals surface area contributed by atoms with E-state index in [0.717, 1.165) is 17.7 Å². The van der Waals surface area contributed by atoms with Gasteiger partial charge in [0.15, 0.2) is 29.8 Å². The lowest BCUT2D eigenvalue weighted by Gasteiger charge is -2.48. The average Bonchev–Trinajstić information content (AvgIpc) is 3.35. The third-order valence-electron chi connectivity index (χ3n) is 6.03. The van der Waals surface area contributed by atoms with Crippen molar-refractivity contribution >= 4 is 5.97 Å². The fourth-order valence-corrected chi connectivity index (χ4v) is 4.40. The summed E-state index contributed by atoms with van der Waals surface area (Å²) in [5.41, 5.74) is 0.741. The first-order chi connectivity index (χ1) is 16.9. The van der Waals surface area contributed by atoms with Crippen molar-refractivity contribution in [3.05, 3.63) is 71.7 Å². The monoisotopic (exact) mass is 491 g/mol. The zero-order valence-corrected chi connectivity index (χ0v) is 18.3. The number of fused-ring (bicyclic) bond motifs is 1. The van der Waals surface area contributed by atoms with Crippen molar-refractivity contribution in [1.82, 2.24) is 15.0 Å². The van der Waals surface area contributed by atoms with Crippen molar-refractivity contribution in [3.63, 3.8) is 0 Å². The quantitative estimate of drug-likeness (QED) is 0.544. The van der Waals surface area contributed by atoms with E-state index in [9.17, 15) is 23.1 Å². The summed E-state index contributed by atoms with van der Waals surface area (Å²) in [6.45, 7) is 0.0386. The minimum atomic E-state index is -1.60. The lowest BCUT2D eigenvalue weighted by Crippen LogP contribution is -2.61. The predicted molar refractivity (Wildman–Crippen MR) is 111 cm³/mol. The largest absolute Gasteiger partial charge is 0.479 e. The molecule has 35 heavy (non-hydrogen) atoms. The second kappa shape index (κ2) is 9.38. The van der Waals surface area contributed by atoms with Gasteiger partial charge in [0.1, 0.15) is 30.0 Å². The molecule has 9 nitrogen and oxygen atoms in total. The summed E-state index contributed by atoms with van der Waals surface area (Å²) >= 11 is 0. The molecule has 0 bridgehead atoms. The molecule has 3 aromatic rings. The molecule has 0 spiro atoms. The van der Waals surface area contributed by atoms with Gasteiger partial charge >= 0.3 is 5.97 Å². The molecule has 6 atom stereocenters. The number of carbonyl (C=O) groups is 1. The van der Waals surface area contributed by atoms with E-state index in [1.807, 2.05) is 30.3 Å². The van der Waals surface area contributed by atoms with E-state index in [1.54, 1.807) is 0 Å². The van der Waals surface area contributed by atoms with Crippen LogP contribution in [0.1, 0.15) is 17.9 Å². The van der Waals surface area contributed by atoms with Crippen molar-refractivity contribution in [3.8, 4) is 11.3 Å². The third kappa shape index (κ3) is 4.29. The molecule has 0 unspecified atom stereocenters. The summed E-state index contributed by atoms with van der Waals surface area (Å²) in [5, 5.41) is 17.8. The first-order valence-electron chi connectivity index (χ1n) is 10.7. The minimum absolute atomic E-state index is 0.0386. The van der Waals surface area contributed by atoms with Crippen molar-refractivity contribution in [2.45, 2.75) is 36.7 Å². The molecule has 184 valence electrons. The molecule has 1 N–H and O–H groups in total. The van der Waals surface area contributed by atoms with Gasteiger partial charge in [0.05, 0.1) is 12.8 Å². The summed E-state index contributed by atoms with van der Waals surface area (Å²) in [6, 6.07) is 9.88. The summed E-state index contributed by atoms with van der Waals surface area (Å²) < 4.78 is 65.5. The van der Waals surface area contributed by atoms with Crippen molar-refractivity contribution in [2.24, 2.45) is 0 Å². The van der Waals surface area contributed by atoms with E-state index in [4.69, 9.17) is 18.9 Å². The standard InChI is InChI=1S/C23H20F3N3O6/c1-32-20-18(29-9-15(27-28-29)12-7-13(24)17(26)14(25)8-12)19-16(34-21(20)22(30)31)10-33-23(35-19)11-5-3-2-4-6-11/h2-9,16,18-21,23H,10H2,1H3,(H,30,31)/t16-,18+,19+,20-,21-,23+/m1/s1. The molecular weight excluding hydrogens is 471 g/mol. The Morgan fingerprint density at radius 3 is 2.51 bits per heavy atom. The second-order valence-corrected chi connectivity index (χ2v) is 8.14. The Labute approximate surface area is 197 Å². The van der Waals surface area contributed by atoms with Crippen LogP contribution in [0.5, 0.6) is 0 Å². The number of hydrogen-bond acceptors (Lipinski definition) is 7. The first-order valence-corrected chi connectivity index (χ1v) is 10.7. The highest BCUT2D eigenvalue weighted by molar-refractivity contribution is 5.73. The Morgan fingerprint density at radius 2 is 1.86 bits per heavy atom. The summed E-state index contributed by atoms with van der Waals surface area (Å²) in [5.74, 6) is -5.60. The van der Waals surface area contributed by atoms with E-state index in [2.05, 4.69) is 10.3 Å². The number of hydrogen-bond donors (Lipinski definition) is 1. The number of aromatic nitrogens is 3. The molecule has 0 saturated carbocycles. The molecule has 0 amide bonds. The topological polar surface area (TPSA) is 105 Å². The molecule has 3 heterocycles. The maximum Gasteiger partial charge on any atom is 0.335 e. The van der Waals surface area contributed by atoms with Crippen LogP contribution in [0.15, 0.2) is 48.7 Å². The summed E-state index contributed by atoms with van der Waals surface area (Å²) in [6.07, 6.45) is -3.38. The molecule has 5 rings (SSSR count). The van der Waals surface area contributed by atoms with Crippen molar-refractivity contribution in [2.75, 3.05) is 13.7 Å². The van der Waals surface area contributed by atoms with Gasteiger partial charge in [-0.2, -0.15) is 0 Å². The molecule has 2 fully saturated rings. The number of halogens is 3. The number of methoxy groups -OCH3 is 1. The van der Waals surface area contributed by atoms with Crippen LogP contribution in [0.25, 0.3) is 11.3 Å². The van der Waals surface area contributed by atoms with Gasteiger partial charge in [0, 0.05) is 18.2 Å². The van der Waals surface area contributed by atoms with E-state index in [-0.39, 0.29) is 17.9 Å². The number of rotatable bonds is 5. The van der Waals surface area contributed by atoms with Crippen LogP contribution < -0.4 is 0 Å². The summed E-state index contributed by atoms with van der Waals surface area (Å²) in [4.78, 5) is 11.9. The SMILES string of the molecule is CO[C@@H]1[C@@H](n2cc(-c3cc(F)c(F)c(F)c3)nn2)[C@H]2O[C@@H](c3ccccc3)OC[C@H]2O[C@H]1C(=O)O. The maximum absolute atomic E-state index is 13.8.